The lowest BCUT2D eigenvalue weighted by atomic mass is 10.2. The lowest BCUT2D eigenvalue weighted by Crippen LogP contribution is -2.33. The largest absolute Gasteiger partial charge is 0.324 e. The smallest absolute Gasteiger partial charge is 0.232 e. The molecule has 0 aliphatic heterocycles. The fourth-order valence-electron chi connectivity index (χ4n) is 2.03. The van der Waals surface area contributed by atoms with Crippen LogP contribution in [0.25, 0.3) is 0 Å². The SMILES string of the molecule is CC(C)C(=O)Nc1cc(F)ccc1N(C1CC1)S(C)(=O)=O. The zero-order chi connectivity index (χ0) is 15.8. The summed E-state index contributed by atoms with van der Waals surface area (Å²) in [4.78, 5) is 11.8. The average Bonchev–Trinajstić information content (AvgIpc) is 3.14. The fourth-order valence-corrected chi connectivity index (χ4v) is 3.30. The maximum absolute atomic E-state index is 13.5. The van der Waals surface area contributed by atoms with Gasteiger partial charge >= 0.3 is 0 Å². The number of rotatable bonds is 5. The Morgan fingerprint density at radius 1 is 1.38 bits per heavy atom. The van der Waals surface area contributed by atoms with Crippen molar-refractivity contribution in [2.75, 3.05) is 15.9 Å². The lowest BCUT2D eigenvalue weighted by Gasteiger charge is -2.25. The second kappa shape index (κ2) is 5.63. The van der Waals surface area contributed by atoms with Crippen molar-refractivity contribution in [2.45, 2.75) is 32.7 Å². The average molecular weight is 314 g/mol. The summed E-state index contributed by atoms with van der Waals surface area (Å²) in [5.74, 6) is -1.10. The monoisotopic (exact) mass is 314 g/mol. The molecule has 1 N–H and O–H groups in total. The van der Waals surface area contributed by atoms with Gasteiger partial charge in [0, 0.05) is 12.0 Å². The Kier molecular flexibility index (Phi) is 4.22. The summed E-state index contributed by atoms with van der Waals surface area (Å²) in [5.41, 5.74) is 0.501. The summed E-state index contributed by atoms with van der Waals surface area (Å²) >= 11 is 0. The Morgan fingerprint density at radius 3 is 2.48 bits per heavy atom. The van der Waals surface area contributed by atoms with Crippen molar-refractivity contribution in [1.82, 2.24) is 0 Å². The highest BCUT2D eigenvalue weighted by atomic mass is 32.2. The third-order valence-corrected chi connectivity index (χ3v) is 4.42. The molecule has 1 amide bonds. The summed E-state index contributed by atoms with van der Waals surface area (Å²) in [5, 5.41) is 2.60. The predicted octanol–water partition coefficient (Wildman–Crippen LogP) is 2.35. The predicted molar refractivity (Wildman–Crippen MR) is 80.2 cm³/mol. The number of sulfonamides is 1. The standard InChI is InChI=1S/C14H19FN2O3S/c1-9(2)14(18)16-12-8-10(15)4-7-13(12)17(11-5-6-11)21(3,19)20/h4,7-9,11H,5-6H2,1-3H3,(H,16,18). The molecule has 0 bridgehead atoms. The maximum atomic E-state index is 13.5. The summed E-state index contributed by atoms with van der Waals surface area (Å²) < 4.78 is 38.7. The van der Waals surface area contributed by atoms with Gasteiger partial charge in [0.05, 0.1) is 17.6 Å². The van der Waals surface area contributed by atoms with Crippen LogP contribution in [0, 0.1) is 11.7 Å². The first-order valence-corrected chi connectivity index (χ1v) is 8.65. The van der Waals surface area contributed by atoms with Crippen molar-refractivity contribution in [1.29, 1.82) is 0 Å². The number of nitrogens with one attached hydrogen (secondary N) is 1. The van der Waals surface area contributed by atoms with Crippen LogP contribution in [0.5, 0.6) is 0 Å². The fraction of sp³-hybridized carbons (Fsp3) is 0.500. The van der Waals surface area contributed by atoms with Gasteiger partial charge in [-0.1, -0.05) is 13.8 Å². The number of anilines is 2. The van der Waals surface area contributed by atoms with Gasteiger partial charge in [0.1, 0.15) is 5.82 Å². The van der Waals surface area contributed by atoms with Crippen LogP contribution in [0.3, 0.4) is 0 Å². The zero-order valence-electron chi connectivity index (χ0n) is 12.3. The Hall–Kier alpha value is -1.63. The van der Waals surface area contributed by atoms with Gasteiger partial charge in [-0.3, -0.25) is 9.10 Å². The first-order chi connectivity index (χ1) is 9.70. The molecule has 116 valence electrons. The molecule has 21 heavy (non-hydrogen) atoms. The van der Waals surface area contributed by atoms with E-state index in [-0.39, 0.29) is 23.6 Å². The van der Waals surface area contributed by atoms with Crippen LogP contribution in [0.1, 0.15) is 26.7 Å². The molecule has 0 aromatic heterocycles. The first kappa shape index (κ1) is 15.8. The highest BCUT2D eigenvalue weighted by Crippen LogP contribution is 2.38. The van der Waals surface area contributed by atoms with Gasteiger partial charge in [-0.2, -0.15) is 0 Å². The third kappa shape index (κ3) is 3.72. The minimum atomic E-state index is -3.49. The highest BCUT2D eigenvalue weighted by Gasteiger charge is 2.36. The van der Waals surface area contributed by atoms with Gasteiger partial charge in [-0.25, -0.2) is 12.8 Å². The van der Waals surface area contributed by atoms with Crippen LogP contribution in [0.4, 0.5) is 15.8 Å². The van der Waals surface area contributed by atoms with Crippen LogP contribution in [0.2, 0.25) is 0 Å². The molecule has 0 unspecified atom stereocenters. The van der Waals surface area contributed by atoms with Crippen LogP contribution in [-0.2, 0) is 14.8 Å². The van der Waals surface area contributed by atoms with Gasteiger partial charge in [-0.15, -0.1) is 0 Å². The van der Waals surface area contributed by atoms with Gasteiger partial charge in [0.25, 0.3) is 0 Å². The molecule has 0 saturated heterocycles. The lowest BCUT2D eigenvalue weighted by molar-refractivity contribution is -0.118. The molecule has 0 radical (unpaired) electrons. The second-order valence-electron chi connectivity index (χ2n) is 5.60. The summed E-state index contributed by atoms with van der Waals surface area (Å²) in [6.45, 7) is 3.42. The van der Waals surface area contributed by atoms with E-state index in [0.29, 0.717) is 5.69 Å². The molecule has 1 aliphatic carbocycles. The molecular formula is C14H19FN2O3S. The molecule has 1 fully saturated rings. The summed E-state index contributed by atoms with van der Waals surface area (Å²) in [6, 6.07) is 3.63. The quantitative estimate of drug-likeness (QED) is 0.907. The molecular weight excluding hydrogens is 295 g/mol. The van der Waals surface area contributed by atoms with Crippen molar-refractivity contribution in [2.24, 2.45) is 5.92 Å². The molecule has 5 nitrogen and oxygen atoms in total. The molecule has 1 saturated carbocycles. The zero-order valence-corrected chi connectivity index (χ0v) is 13.1. The number of carbonyl (C=O) groups is 1. The third-order valence-electron chi connectivity index (χ3n) is 3.21. The van der Waals surface area contributed by atoms with E-state index in [4.69, 9.17) is 0 Å². The van der Waals surface area contributed by atoms with Crippen LogP contribution < -0.4 is 9.62 Å². The van der Waals surface area contributed by atoms with E-state index in [1.165, 1.54) is 16.4 Å². The normalized spacial score (nSPS) is 15.1. The Morgan fingerprint density at radius 2 is 2.00 bits per heavy atom. The van der Waals surface area contributed by atoms with Crippen molar-refractivity contribution >= 4 is 27.3 Å². The molecule has 0 heterocycles. The van der Waals surface area contributed by atoms with E-state index in [1.54, 1.807) is 13.8 Å². The molecule has 7 heteroatoms. The summed E-state index contributed by atoms with van der Waals surface area (Å²) in [6.07, 6.45) is 2.65. The minimum absolute atomic E-state index is 0.111. The molecule has 0 atom stereocenters. The van der Waals surface area contributed by atoms with E-state index in [2.05, 4.69) is 5.32 Å². The highest BCUT2D eigenvalue weighted by molar-refractivity contribution is 7.92. The first-order valence-electron chi connectivity index (χ1n) is 6.80. The number of halogens is 1. The number of amides is 1. The topological polar surface area (TPSA) is 66.5 Å². The number of hydrogen-bond acceptors (Lipinski definition) is 3. The van der Waals surface area contributed by atoms with E-state index in [9.17, 15) is 17.6 Å². The molecule has 1 aromatic rings. The Bertz CT molecular complexity index is 654. The molecule has 1 aliphatic rings. The molecule has 1 aromatic carbocycles. The van der Waals surface area contributed by atoms with E-state index < -0.39 is 15.8 Å². The van der Waals surface area contributed by atoms with Crippen molar-refractivity contribution < 1.29 is 17.6 Å². The van der Waals surface area contributed by atoms with Crippen LogP contribution in [-0.4, -0.2) is 26.6 Å². The van der Waals surface area contributed by atoms with Crippen molar-refractivity contribution in [3.05, 3.63) is 24.0 Å². The number of hydrogen-bond donors (Lipinski definition) is 1. The van der Waals surface area contributed by atoms with Crippen LogP contribution >= 0.6 is 0 Å². The van der Waals surface area contributed by atoms with Crippen LogP contribution in [0.15, 0.2) is 18.2 Å². The van der Waals surface area contributed by atoms with Gasteiger partial charge < -0.3 is 5.32 Å². The Balaban J connectivity index is 2.45. The second-order valence-corrected chi connectivity index (χ2v) is 7.45. The van der Waals surface area contributed by atoms with E-state index in [1.807, 2.05) is 0 Å². The molecule has 0 spiro atoms. The number of nitrogens with zero attached hydrogens (tertiary/aromatic N) is 1. The van der Waals surface area contributed by atoms with Crippen molar-refractivity contribution in [3.8, 4) is 0 Å². The molecule has 2 rings (SSSR count). The minimum Gasteiger partial charge on any atom is -0.324 e. The van der Waals surface area contributed by atoms with E-state index >= 15 is 0 Å². The number of benzene rings is 1. The van der Waals surface area contributed by atoms with Gasteiger partial charge in [-0.05, 0) is 31.0 Å². The van der Waals surface area contributed by atoms with Gasteiger partial charge in [0.15, 0.2) is 0 Å². The van der Waals surface area contributed by atoms with E-state index in [0.717, 1.165) is 25.2 Å². The summed E-state index contributed by atoms with van der Waals surface area (Å²) in [7, 11) is -3.49. The maximum Gasteiger partial charge on any atom is 0.232 e. The Labute approximate surface area is 124 Å². The van der Waals surface area contributed by atoms with Crippen molar-refractivity contribution in [3.63, 3.8) is 0 Å². The van der Waals surface area contributed by atoms with Gasteiger partial charge in [0.2, 0.25) is 15.9 Å². The number of carbonyl (C=O) groups excluding carboxylic acids is 1.